The first-order valence-electron chi connectivity index (χ1n) is 6.35. The van der Waals surface area contributed by atoms with Crippen molar-refractivity contribution in [3.05, 3.63) is 34.4 Å². The number of rotatable bonds is 9. The SMILES string of the molecule is O=C(O)CCNC(=O)CCCOc1ccccc1[N+](=O)[O-]. The number of carbonyl (C=O) groups excluding carboxylic acids is 1. The number of nitrogens with one attached hydrogen (secondary N) is 1. The lowest BCUT2D eigenvalue weighted by atomic mass is 10.3. The molecule has 1 aromatic rings. The molecule has 0 aliphatic rings. The number of carboxylic acid groups (broad SMARTS) is 1. The zero-order valence-corrected chi connectivity index (χ0v) is 11.3. The molecule has 0 atom stereocenters. The van der Waals surface area contributed by atoms with Crippen molar-refractivity contribution in [2.24, 2.45) is 0 Å². The molecule has 1 aromatic carbocycles. The predicted molar refractivity (Wildman–Crippen MR) is 73.1 cm³/mol. The largest absolute Gasteiger partial charge is 0.487 e. The number of ether oxygens (including phenoxy) is 1. The van der Waals surface area contributed by atoms with Crippen LogP contribution in [0.25, 0.3) is 0 Å². The first kappa shape index (κ1) is 16.4. The lowest BCUT2D eigenvalue weighted by Crippen LogP contribution is -2.26. The van der Waals surface area contributed by atoms with E-state index in [0.717, 1.165) is 0 Å². The van der Waals surface area contributed by atoms with Crippen LogP contribution in [0, 0.1) is 10.1 Å². The Morgan fingerprint density at radius 2 is 2.00 bits per heavy atom. The van der Waals surface area contributed by atoms with Crippen molar-refractivity contribution in [1.82, 2.24) is 5.32 Å². The quantitative estimate of drug-likeness (QED) is 0.403. The molecule has 0 aromatic heterocycles. The van der Waals surface area contributed by atoms with E-state index in [-0.39, 0.29) is 43.3 Å². The minimum absolute atomic E-state index is 0.0825. The zero-order chi connectivity index (χ0) is 15.7. The smallest absolute Gasteiger partial charge is 0.310 e. The van der Waals surface area contributed by atoms with E-state index in [0.29, 0.717) is 6.42 Å². The Morgan fingerprint density at radius 1 is 1.29 bits per heavy atom. The Morgan fingerprint density at radius 3 is 2.67 bits per heavy atom. The van der Waals surface area contributed by atoms with Crippen molar-refractivity contribution in [1.29, 1.82) is 0 Å². The third-order valence-corrected chi connectivity index (χ3v) is 2.53. The van der Waals surface area contributed by atoms with Gasteiger partial charge in [0.15, 0.2) is 5.75 Å². The minimum Gasteiger partial charge on any atom is -0.487 e. The first-order chi connectivity index (χ1) is 10.0. The van der Waals surface area contributed by atoms with Crippen LogP contribution < -0.4 is 10.1 Å². The fraction of sp³-hybridized carbons (Fsp3) is 0.385. The van der Waals surface area contributed by atoms with E-state index in [9.17, 15) is 19.7 Å². The number of aliphatic carboxylic acids is 1. The standard InChI is InChI=1S/C13H16N2O6/c16-12(14-8-7-13(17)18)6-3-9-21-11-5-2-1-4-10(11)15(19)20/h1-2,4-5H,3,6-9H2,(H,14,16)(H,17,18). The van der Waals surface area contributed by atoms with Gasteiger partial charge in [0.2, 0.25) is 5.91 Å². The van der Waals surface area contributed by atoms with Crippen molar-refractivity contribution < 1.29 is 24.4 Å². The van der Waals surface area contributed by atoms with Crippen LogP contribution in [-0.2, 0) is 9.59 Å². The molecule has 0 aliphatic heterocycles. The molecule has 0 aliphatic carbocycles. The van der Waals surface area contributed by atoms with Gasteiger partial charge in [-0.2, -0.15) is 0 Å². The van der Waals surface area contributed by atoms with Crippen LogP contribution in [0.5, 0.6) is 5.75 Å². The van der Waals surface area contributed by atoms with Crippen LogP contribution in [0.1, 0.15) is 19.3 Å². The molecule has 8 nitrogen and oxygen atoms in total. The van der Waals surface area contributed by atoms with Gasteiger partial charge in [-0.25, -0.2) is 0 Å². The summed E-state index contributed by atoms with van der Waals surface area (Å²) >= 11 is 0. The van der Waals surface area contributed by atoms with Gasteiger partial charge in [0.1, 0.15) is 0 Å². The Hall–Kier alpha value is -2.64. The molecule has 0 radical (unpaired) electrons. The van der Waals surface area contributed by atoms with Crippen LogP contribution in [-0.4, -0.2) is 35.1 Å². The van der Waals surface area contributed by atoms with Gasteiger partial charge >= 0.3 is 11.7 Å². The number of hydrogen-bond acceptors (Lipinski definition) is 5. The summed E-state index contributed by atoms with van der Waals surface area (Å²) in [4.78, 5) is 31.8. The van der Waals surface area contributed by atoms with E-state index in [1.54, 1.807) is 12.1 Å². The number of carboxylic acids is 1. The van der Waals surface area contributed by atoms with Crippen LogP contribution in [0.2, 0.25) is 0 Å². The fourth-order valence-corrected chi connectivity index (χ4v) is 1.54. The average Bonchev–Trinajstić information content (AvgIpc) is 2.43. The summed E-state index contributed by atoms with van der Waals surface area (Å²) in [7, 11) is 0. The van der Waals surface area contributed by atoms with Crippen molar-refractivity contribution in [2.75, 3.05) is 13.2 Å². The van der Waals surface area contributed by atoms with Crippen LogP contribution in [0.3, 0.4) is 0 Å². The summed E-state index contributed by atoms with van der Waals surface area (Å²) in [6.07, 6.45) is 0.420. The van der Waals surface area contributed by atoms with Gasteiger partial charge < -0.3 is 15.2 Å². The van der Waals surface area contributed by atoms with Crippen molar-refractivity contribution >= 4 is 17.6 Å². The molecule has 0 fully saturated rings. The second kappa shape index (κ2) is 8.51. The lowest BCUT2D eigenvalue weighted by Gasteiger charge is -2.06. The number of benzene rings is 1. The molecule has 114 valence electrons. The average molecular weight is 296 g/mol. The number of carbonyl (C=O) groups is 2. The van der Waals surface area contributed by atoms with Crippen molar-refractivity contribution in [3.63, 3.8) is 0 Å². The maximum absolute atomic E-state index is 11.3. The van der Waals surface area contributed by atoms with Gasteiger partial charge in [-0.05, 0) is 12.5 Å². The van der Waals surface area contributed by atoms with E-state index in [4.69, 9.17) is 9.84 Å². The topological polar surface area (TPSA) is 119 Å². The third kappa shape index (κ3) is 6.37. The summed E-state index contributed by atoms with van der Waals surface area (Å²) < 4.78 is 5.28. The van der Waals surface area contributed by atoms with E-state index in [1.165, 1.54) is 12.1 Å². The van der Waals surface area contributed by atoms with Gasteiger partial charge in [-0.1, -0.05) is 12.1 Å². The number of para-hydroxylation sites is 2. The molecule has 0 unspecified atom stereocenters. The minimum atomic E-state index is -0.977. The highest BCUT2D eigenvalue weighted by molar-refractivity contribution is 5.76. The van der Waals surface area contributed by atoms with Crippen molar-refractivity contribution in [2.45, 2.75) is 19.3 Å². The molecule has 21 heavy (non-hydrogen) atoms. The van der Waals surface area contributed by atoms with Crippen molar-refractivity contribution in [3.8, 4) is 5.75 Å². The van der Waals surface area contributed by atoms with Crippen LogP contribution in [0.4, 0.5) is 5.69 Å². The molecule has 0 bridgehead atoms. The second-order valence-electron chi connectivity index (χ2n) is 4.17. The highest BCUT2D eigenvalue weighted by atomic mass is 16.6. The highest BCUT2D eigenvalue weighted by Crippen LogP contribution is 2.25. The Balaban J connectivity index is 2.27. The zero-order valence-electron chi connectivity index (χ0n) is 11.3. The van der Waals surface area contributed by atoms with E-state index >= 15 is 0 Å². The highest BCUT2D eigenvalue weighted by Gasteiger charge is 2.13. The van der Waals surface area contributed by atoms with Gasteiger partial charge in [-0.3, -0.25) is 19.7 Å². The summed E-state index contributed by atoms with van der Waals surface area (Å²) in [6, 6.07) is 6.00. The number of nitro groups is 1. The summed E-state index contributed by atoms with van der Waals surface area (Å²) in [5, 5.41) is 21.6. The molecule has 8 heteroatoms. The van der Waals surface area contributed by atoms with E-state index < -0.39 is 10.9 Å². The normalized spacial score (nSPS) is 9.90. The Labute approximate surface area is 120 Å². The lowest BCUT2D eigenvalue weighted by molar-refractivity contribution is -0.385. The molecular formula is C13H16N2O6. The number of nitro benzene ring substituents is 1. The van der Waals surface area contributed by atoms with Gasteiger partial charge in [0.25, 0.3) is 0 Å². The molecule has 0 saturated carbocycles. The number of nitrogens with zero attached hydrogens (tertiary/aromatic N) is 1. The maximum atomic E-state index is 11.3. The third-order valence-electron chi connectivity index (χ3n) is 2.53. The van der Waals surface area contributed by atoms with Crippen LogP contribution >= 0.6 is 0 Å². The molecule has 1 amide bonds. The summed E-state index contributed by atoms with van der Waals surface area (Å²) in [5.41, 5.74) is -0.122. The van der Waals surface area contributed by atoms with E-state index in [2.05, 4.69) is 5.32 Å². The Kier molecular flexibility index (Phi) is 6.66. The molecular weight excluding hydrogens is 280 g/mol. The molecule has 0 spiro atoms. The fourth-order valence-electron chi connectivity index (χ4n) is 1.54. The molecule has 1 rings (SSSR count). The predicted octanol–water partition coefficient (Wildman–Crippen LogP) is 1.34. The molecule has 0 heterocycles. The Bertz CT molecular complexity index is 517. The van der Waals surface area contributed by atoms with Gasteiger partial charge in [0.05, 0.1) is 18.0 Å². The summed E-state index contributed by atoms with van der Waals surface area (Å²) in [6.45, 7) is 0.246. The number of hydrogen-bond donors (Lipinski definition) is 2. The molecule has 2 N–H and O–H groups in total. The van der Waals surface area contributed by atoms with Crippen LogP contribution in [0.15, 0.2) is 24.3 Å². The van der Waals surface area contributed by atoms with E-state index in [1.807, 2.05) is 0 Å². The second-order valence-corrected chi connectivity index (χ2v) is 4.17. The first-order valence-corrected chi connectivity index (χ1v) is 6.35. The number of amides is 1. The summed E-state index contributed by atoms with van der Waals surface area (Å²) in [5.74, 6) is -1.09. The molecule has 0 saturated heterocycles. The van der Waals surface area contributed by atoms with Gasteiger partial charge in [0, 0.05) is 19.0 Å². The monoisotopic (exact) mass is 296 g/mol. The van der Waals surface area contributed by atoms with Gasteiger partial charge in [-0.15, -0.1) is 0 Å². The maximum Gasteiger partial charge on any atom is 0.310 e.